The first-order chi connectivity index (χ1) is 20.0. The van der Waals surface area contributed by atoms with Crippen LogP contribution in [0, 0.1) is 0 Å². The molecule has 0 bridgehead atoms. The van der Waals surface area contributed by atoms with Crippen LogP contribution in [0.1, 0.15) is 33.3 Å². The quantitative estimate of drug-likeness (QED) is 0.0964. The molecule has 41 heavy (non-hydrogen) atoms. The molecule has 208 valence electrons. The van der Waals surface area contributed by atoms with Crippen LogP contribution in [-0.2, 0) is 19.5 Å². The molecule has 6 nitrogen and oxygen atoms in total. The highest BCUT2D eigenvalue weighted by Crippen LogP contribution is 2.35. The maximum atomic E-state index is 14.2. The minimum atomic E-state index is -0.0910. The Kier molecular flexibility index (Phi) is 8.39. The van der Waals surface area contributed by atoms with Gasteiger partial charge in [0.2, 0.25) is 0 Å². The zero-order valence-corrected chi connectivity index (χ0v) is 25.7. The zero-order chi connectivity index (χ0) is 28.3. The molecule has 0 radical (unpaired) electrons. The molecule has 6 rings (SSSR count). The van der Waals surface area contributed by atoms with Gasteiger partial charge in [-0.15, -0.1) is 11.3 Å². The van der Waals surface area contributed by atoms with Crippen LogP contribution >= 0.6 is 39.0 Å². The van der Waals surface area contributed by atoms with E-state index in [1.54, 1.807) is 28.0 Å². The monoisotopic (exact) mass is 645 g/mol. The number of ketones is 1. The van der Waals surface area contributed by atoms with Crippen LogP contribution in [0.3, 0.4) is 0 Å². The lowest BCUT2D eigenvalue weighted by molar-refractivity contribution is 0.102. The molecule has 0 atom stereocenters. The van der Waals surface area contributed by atoms with Crippen molar-refractivity contribution in [1.82, 2.24) is 14.5 Å². The van der Waals surface area contributed by atoms with Gasteiger partial charge in [0.15, 0.2) is 10.9 Å². The second-order valence-electron chi connectivity index (χ2n) is 9.81. The molecule has 0 saturated carbocycles. The Morgan fingerprint density at radius 3 is 2.54 bits per heavy atom. The molecular weight excluding hydrogens is 618 g/mol. The minimum absolute atomic E-state index is 0.0166. The van der Waals surface area contributed by atoms with Gasteiger partial charge in [-0.2, -0.15) is 0 Å². The van der Waals surface area contributed by atoms with Gasteiger partial charge >= 0.3 is 0 Å². The standard InChI is InChI=1S/C32H28BrN3O3S2/c1-2-39-25-14-12-24(13-15-25)36-31(38)29-26-16-17-35(18-21-6-4-3-5-7-21)19-28(26)41-30(29)34-32(36)40-20-27(37)22-8-10-23(33)11-9-22/h3-15H,2,16-20H2,1H3. The van der Waals surface area contributed by atoms with Gasteiger partial charge in [0, 0.05) is 34.5 Å². The van der Waals surface area contributed by atoms with Gasteiger partial charge in [0.25, 0.3) is 5.56 Å². The predicted octanol–water partition coefficient (Wildman–Crippen LogP) is 7.14. The minimum Gasteiger partial charge on any atom is -0.494 e. The van der Waals surface area contributed by atoms with Gasteiger partial charge in [-0.25, -0.2) is 4.98 Å². The second kappa shape index (κ2) is 12.3. The Hall–Kier alpha value is -3.24. The van der Waals surface area contributed by atoms with E-state index in [4.69, 9.17) is 9.72 Å². The molecule has 9 heteroatoms. The van der Waals surface area contributed by atoms with Crippen molar-refractivity contribution in [2.75, 3.05) is 18.9 Å². The largest absolute Gasteiger partial charge is 0.494 e. The predicted molar refractivity (Wildman–Crippen MR) is 170 cm³/mol. The van der Waals surface area contributed by atoms with Gasteiger partial charge in [0.1, 0.15) is 10.6 Å². The SMILES string of the molecule is CCOc1ccc(-n2c(SCC(=O)c3ccc(Br)cc3)nc3sc4c(c3c2=O)CCN(Cc2ccccc2)C4)cc1. The molecule has 0 aliphatic carbocycles. The Labute approximate surface area is 255 Å². The maximum absolute atomic E-state index is 14.2. The highest BCUT2D eigenvalue weighted by molar-refractivity contribution is 9.10. The van der Waals surface area contributed by atoms with E-state index in [0.29, 0.717) is 28.4 Å². The topological polar surface area (TPSA) is 64.4 Å². The van der Waals surface area contributed by atoms with Crippen molar-refractivity contribution in [3.8, 4) is 11.4 Å². The number of benzene rings is 3. The molecule has 1 aliphatic rings. The van der Waals surface area contributed by atoms with Crippen LogP contribution in [0.25, 0.3) is 15.9 Å². The fraction of sp³-hybridized carbons (Fsp3) is 0.219. The average Bonchev–Trinajstić information content (AvgIpc) is 3.35. The number of rotatable bonds is 9. The number of carbonyl (C=O) groups is 1. The lowest BCUT2D eigenvalue weighted by Gasteiger charge is -2.26. The summed E-state index contributed by atoms with van der Waals surface area (Å²) in [5.74, 6) is 0.897. The van der Waals surface area contributed by atoms with E-state index in [-0.39, 0.29) is 17.1 Å². The van der Waals surface area contributed by atoms with Crippen LogP contribution in [0.5, 0.6) is 5.75 Å². The summed E-state index contributed by atoms with van der Waals surface area (Å²) in [6, 6.07) is 25.3. The summed E-state index contributed by atoms with van der Waals surface area (Å²) in [4.78, 5) is 36.6. The summed E-state index contributed by atoms with van der Waals surface area (Å²) < 4.78 is 8.19. The first-order valence-electron chi connectivity index (χ1n) is 13.5. The Morgan fingerprint density at radius 1 is 1.05 bits per heavy atom. The van der Waals surface area contributed by atoms with E-state index in [9.17, 15) is 9.59 Å². The molecule has 0 amide bonds. The van der Waals surface area contributed by atoms with Crippen LogP contribution in [0.2, 0.25) is 0 Å². The summed E-state index contributed by atoms with van der Waals surface area (Å²) in [6.07, 6.45) is 0.802. The lowest BCUT2D eigenvalue weighted by atomic mass is 10.0. The van der Waals surface area contributed by atoms with Crippen LogP contribution in [-0.4, -0.2) is 39.1 Å². The smallest absolute Gasteiger partial charge is 0.267 e. The van der Waals surface area contributed by atoms with Crippen molar-refractivity contribution in [2.45, 2.75) is 31.6 Å². The van der Waals surface area contributed by atoms with Gasteiger partial charge in [-0.05, 0) is 60.9 Å². The number of Topliss-reactive ketones (excluding diaryl/α,β-unsaturated/α-hetero) is 1. The molecular formula is C32H28BrN3O3S2. The number of nitrogens with zero attached hydrogens (tertiary/aromatic N) is 3. The van der Waals surface area contributed by atoms with Gasteiger partial charge in [-0.1, -0.05) is 70.2 Å². The van der Waals surface area contributed by atoms with Crippen LogP contribution in [0.15, 0.2) is 93.3 Å². The number of fused-ring (bicyclic) bond motifs is 3. The number of carbonyl (C=O) groups excluding carboxylic acids is 1. The summed E-state index contributed by atoms with van der Waals surface area (Å²) in [5.41, 5.74) is 3.62. The number of halogens is 1. The lowest BCUT2D eigenvalue weighted by Crippen LogP contribution is -2.30. The van der Waals surface area contributed by atoms with E-state index in [1.165, 1.54) is 22.2 Å². The third-order valence-corrected chi connectivity index (χ3v) is 9.65. The summed E-state index contributed by atoms with van der Waals surface area (Å²) >= 11 is 6.31. The van der Waals surface area contributed by atoms with E-state index in [1.807, 2.05) is 49.4 Å². The molecule has 3 aromatic carbocycles. The van der Waals surface area contributed by atoms with Crippen LogP contribution < -0.4 is 10.3 Å². The third-order valence-electron chi connectivity index (χ3n) is 7.08. The van der Waals surface area contributed by atoms with E-state index in [0.717, 1.165) is 46.7 Å². The summed E-state index contributed by atoms with van der Waals surface area (Å²) in [5, 5.41) is 1.21. The Morgan fingerprint density at radius 2 is 1.80 bits per heavy atom. The summed E-state index contributed by atoms with van der Waals surface area (Å²) in [6.45, 7) is 5.05. The van der Waals surface area contributed by atoms with Crippen molar-refractivity contribution in [3.63, 3.8) is 0 Å². The molecule has 2 aromatic heterocycles. The number of thioether (sulfide) groups is 1. The number of aromatic nitrogens is 2. The molecule has 0 spiro atoms. The zero-order valence-electron chi connectivity index (χ0n) is 22.5. The number of thiophene rings is 1. The van der Waals surface area contributed by atoms with E-state index >= 15 is 0 Å². The number of hydrogen-bond acceptors (Lipinski definition) is 7. The molecule has 1 aliphatic heterocycles. The van der Waals surface area contributed by atoms with Crippen molar-refractivity contribution in [3.05, 3.63) is 115 Å². The van der Waals surface area contributed by atoms with Crippen molar-refractivity contribution < 1.29 is 9.53 Å². The third kappa shape index (κ3) is 6.04. The van der Waals surface area contributed by atoms with E-state index < -0.39 is 0 Å². The average molecular weight is 647 g/mol. The van der Waals surface area contributed by atoms with Gasteiger partial charge in [-0.3, -0.25) is 19.1 Å². The van der Waals surface area contributed by atoms with Gasteiger partial charge in [0.05, 0.1) is 23.4 Å². The first-order valence-corrected chi connectivity index (χ1v) is 16.1. The molecule has 5 aromatic rings. The molecule has 3 heterocycles. The maximum Gasteiger partial charge on any atom is 0.267 e. The Bertz CT molecular complexity index is 1750. The van der Waals surface area contributed by atoms with Gasteiger partial charge < -0.3 is 4.74 Å². The summed E-state index contributed by atoms with van der Waals surface area (Å²) in [7, 11) is 0. The number of hydrogen-bond donors (Lipinski definition) is 0. The second-order valence-corrected chi connectivity index (χ2v) is 12.8. The van der Waals surface area contributed by atoms with Crippen molar-refractivity contribution >= 4 is 55.0 Å². The van der Waals surface area contributed by atoms with Crippen LogP contribution in [0.4, 0.5) is 0 Å². The highest BCUT2D eigenvalue weighted by atomic mass is 79.9. The molecule has 0 N–H and O–H groups in total. The fourth-order valence-electron chi connectivity index (χ4n) is 5.09. The van der Waals surface area contributed by atoms with E-state index in [2.05, 4.69) is 45.1 Å². The normalized spacial score (nSPS) is 13.3. The van der Waals surface area contributed by atoms with Crippen molar-refractivity contribution in [2.24, 2.45) is 0 Å². The highest BCUT2D eigenvalue weighted by Gasteiger charge is 2.26. The van der Waals surface area contributed by atoms with Crippen molar-refractivity contribution in [1.29, 1.82) is 0 Å². The number of ether oxygens (including phenoxy) is 1. The first kappa shape index (κ1) is 27.9. The molecule has 0 fully saturated rings. The fourth-order valence-corrected chi connectivity index (χ4v) is 7.56. The molecule has 0 unspecified atom stereocenters. The molecule has 0 saturated heterocycles. The Balaban J connectivity index is 1.36.